The van der Waals surface area contributed by atoms with E-state index in [0.29, 0.717) is 41.3 Å². The number of aryl methyl sites for hydroxylation is 2. The van der Waals surface area contributed by atoms with Gasteiger partial charge in [-0.3, -0.25) is 14.2 Å². The largest absolute Gasteiger partial charge is 0.480 e. The minimum Gasteiger partial charge on any atom is -0.480 e. The van der Waals surface area contributed by atoms with Crippen LogP contribution in [0, 0.1) is 17.3 Å². The predicted octanol–water partition coefficient (Wildman–Crippen LogP) is 3.43. The molecule has 0 unspecified atom stereocenters. The van der Waals surface area contributed by atoms with Crippen LogP contribution in [-0.4, -0.2) is 50.0 Å². The molecule has 0 bridgehead atoms. The van der Waals surface area contributed by atoms with Gasteiger partial charge in [0.05, 0.1) is 12.7 Å². The van der Waals surface area contributed by atoms with Crippen LogP contribution in [-0.2, 0) is 24.7 Å². The number of nitrogens with zero attached hydrogens (tertiary/aromatic N) is 5. The van der Waals surface area contributed by atoms with Crippen LogP contribution in [0.5, 0.6) is 5.88 Å². The third-order valence-electron chi connectivity index (χ3n) is 8.62. The van der Waals surface area contributed by atoms with Crippen LogP contribution in [0.2, 0.25) is 0 Å². The summed E-state index contributed by atoms with van der Waals surface area (Å²) in [5.41, 5.74) is 1.96. The van der Waals surface area contributed by atoms with Crippen LogP contribution >= 0.6 is 11.3 Å². The molecule has 4 aliphatic carbocycles. The number of aromatic nitrogens is 5. The molecular formula is C26H32N8O3S. The molecule has 38 heavy (non-hydrogen) atoms. The Kier molecular flexibility index (Phi) is 5.50. The quantitative estimate of drug-likeness (QED) is 0.382. The van der Waals surface area contributed by atoms with Crippen molar-refractivity contribution in [3.8, 4) is 5.88 Å². The minimum atomic E-state index is -0.0774. The second-order valence-corrected chi connectivity index (χ2v) is 12.4. The summed E-state index contributed by atoms with van der Waals surface area (Å²) in [5, 5.41) is 23.1. The van der Waals surface area contributed by atoms with Gasteiger partial charge in [0.1, 0.15) is 17.1 Å². The average molecular weight is 537 g/mol. The Hall–Kier alpha value is -3.41. The Bertz CT molecular complexity index is 1420. The molecule has 4 aliphatic rings. The maximum Gasteiger partial charge on any atom is 0.254 e. The van der Waals surface area contributed by atoms with E-state index in [2.05, 4.69) is 31.2 Å². The molecule has 3 saturated carbocycles. The fourth-order valence-corrected chi connectivity index (χ4v) is 7.03. The van der Waals surface area contributed by atoms with E-state index < -0.39 is 0 Å². The Morgan fingerprint density at radius 3 is 2.82 bits per heavy atom. The zero-order valence-electron chi connectivity index (χ0n) is 21.6. The van der Waals surface area contributed by atoms with Crippen LogP contribution < -0.4 is 20.7 Å². The SMILES string of the molecule is COc1cc(Nc2nncn2[C@H]2CCc3sc(NC(=O)[C@@H]4CC45CC5)c(C(=O)NCC4CC4)c3C2)n(C)n1. The van der Waals surface area contributed by atoms with Crippen LogP contribution in [0.25, 0.3) is 0 Å². The first kappa shape index (κ1) is 23.7. The summed E-state index contributed by atoms with van der Waals surface area (Å²) >= 11 is 1.57. The number of methoxy groups -OCH3 is 1. The number of ether oxygens (including phenoxy) is 1. The van der Waals surface area contributed by atoms with Crippen molar-refractivity contribution in [2.75, 3.05) is 24.3 Å². The normalized spacial score (nSPS) is 22.6. The summed E-state index contributed by atoms with van der Waals surface area (Å²) in [4.78, 5) is 27.7. The van der Waals surface area contributed by atoms with Gasteiger partial charge >= 0.3 is 0 Å². The fourth-order valence-electron chi connectivity index (χ4n) is 5.78. The number of thiophene rings is 1. The first-order valence-corrected chi connectivity index (χ1v) is 14.2. The van der Waals surface area contributed by atoms with Gasteiger partial charge < -0.3 is 20.7 Å². The van der Waals surface area contributed by atoms with E-state index in [9.17, 15) is 9.59 Å². The van der Waals surface area contributed by atoms with Gasteiger partial charge in [-0.2, -0.15) is 0 Å². The zero-order chi connectivity index (χ0) is 26.0. The summed E-state index contributed by atoms with van der Waals surface area (Å²) in [6, 6.07) is 1.88. The van der Waals surface area contributed by atoms with E-state index in [4.69, 9.17) is 4.74 Å². The first-order chi connectivity index (χ1) is 18.4. The van der Waals surface area contributed by atoms with E-state index in [0.717, 1.165) is 43.5 Å². The van der Waals surface area contributed by atoms with E-state index in [1.165, 1.54) is 17.7 Å². The molecule has 0 aromatic carbocycles. The summed E-state index contributed by atoms with van der Waals surface area (Å²) in [5.74, 6) is 2.54. The van der Waals surface area contributed by atoms with Crippen molar-refractivity contribution in [2.24, 2.45) is 24.3 Å². The predicted molar refractivity (Wildman–Crippen MR) is 142 cm³/mol. The standard InChI is InChI=1S/C26H32N8O3S/c1-33-19(10-20(32-33)37-2)29-25-31-28-13-34(25)15-5-6-18-16(9-15)21(23(36)27-12-14-3-4-14)24(38-18)30-22(35)17-11-26(17)7-8-26/h10,13-15,17H,3-9,11-12H2,1-2H3,(H,27,36)(H,29,31)(H,30,35)/t15-,17-/m0/s1. The van der Waals surface area contributed by atoms with Crippen molar-refractivity contribution in [3.63, 3.8) is 0 Å². The molecule has 2 atom stereocenters. The van der Waals surface area contributed by atoms with Gasteiger partial charge in [-0.05, 0) is 68.3 Å². The van der Waals surface area contributed by atoms with E-state index in [-0.39, 0.29) is 29.2 Å². The lowest BCUT2D eigenvalue weighted by atomic mass is 9.91. The highest BCUT2D eigenvalue weighted by atomic mass is 32.1. The molecule has 12 heteroatoms. The highest BCUT2D eigenvalue weighted by molar-refractivity contribution is 7.17. The first-order valence-electron chi connectivity index (χ1n) is 13.4. The second-order valence-electron chi connectivity index (χ2n) is 11.2. The molecule has 3 aromatic heterocycles. The van der Waals surface area contributed by atoms with Gasteiger partial charge in [-0.25, -0.2) is 4.68 Å². The average Bonchev–Trinajstić information content (AvgIpc) is 3.87. The molecule has 1 spiro atoms. The molecule has 2 amide bonds. The number of amides is 2. The lowest BCUT2D eigenvalue weighted by Crippen LogP contribution is -2.29. The highest BCUT2D eigenvalue weighted by Crippen LogP contribution is 2.70. The molecule has 0 aliphatic heterocycles. The molecule has 3 N–H and O–H groups in total. The lowest BCUT2D eigenvalue weighted by molar-refractivity contribution is -0.117. The van der Waals surface area contributed by atoms with Crippen molar-refractivity contribution in [1.82, 2.24) is 29.9 Å². The smallest absolute Gasteiger partial charge is 0.254 e. The fraction of sp³-hybridized carbons (Fsp3) is 0.577. The molecule has 7 rings (SSSR count). The van der Waals surface area contributed by atoms with Gasteiger partial charge in [0.25, 0.3) is 5.91 Å². The Morgan fingerprint density at radius 2 is 2.11 bits per heavy atom. The molecule has 3 aromatic rings. The number of hydrogen-bond acceptors (Lipinski definition) is 8. The number of rotatable bonds is 9. The van der Waals surface area contributed by atoms with Crippen LogP contribution in [0.15, 0.2) is 12.4 Å². The summed E-state index contributed by atoms with van der Waals surface area (Å²) in [6.07, 6.45) is 9.75. The molecule has 0 radical (unpaired) electrons. The number of nitrogens with one attached hydrogen (secondary N) is 3. The monoisotopic (exact) mass is 536 g/mol. The highest BCUT2D eigenvalue weighted by Gasteiger charge is 2.65. The van der Waals surface area contributed by atoms with E-state index in [1.807, 2.05) is 11.6 Å². The van der Waals surface area contributed by atoms with Crippen molar-refractivity contribution in [3.05, 3.63) is 28.4 Å². The summed E-state index contributed by atoms with van der Waals surface area (Å²) in [6.45, 7) is 0.694. The maximum atomic E-state index is 13.5. The number of carbonyl (C=O) groups excluding carboxylic acids is 2. The van der Waals surface area contributed by atoms with Gasteiger partial charge in [-0.15, -0.1) is 26.6 Å². The Morgan fingerprint density at radius 1 is 1.26 bits per heavy atom. The van der Waals surface area contributed by atoms with Gasteiger partial charge in [0.15, 0.2) is 0 Å². The van der Waals surface area contributed by atoms with Crippen LogP contribution in [0.3, 0.4) is 0 Å². The molecule has 200 valence electrons. The number of anilines is 3. The molecule has 0 saturated heterocycles. The minimum absolute atomic E-state index is 0.0708. The molecule has 3 fully saturated rings. The van der Waals surface area contributed by atoms with Gasteiger partial charge in [-0.1, -0.05) is 0 Å². The third-order valence-corrected chi connectivity index (χ3v) is 9.83. The van der Waals surface area contributed by atoms with Crippen molar-refractivity contribution in [2.45, 2.75) is 57.4 Å². The molecule has 11 nitrogen and oxygen atoms in total. The number of fused-ring (bicyclic) bond motifs is 1. The topological polar surface area (TPSA) is 128 Å². The third kappa shape index (κ3) is 4.24. The Balaban J connectivity index is 1.15. The van der Waals surface area contributed by atoms with E-state index in [1.54, 1.807) is 35.5 Å². The van der Waals surface area contributed by atoms with Crippen molar-refractivity contribution < 1.29 is 14.3 Å². The van der Waals surface area contributed by atoms with Crippen molar-refractivity contribution in [1.29, 1.82) is 0 Å². The number of hydrogen-bond donors (Lipinski definition) is 3. The lowest BCUT2D eigenvalue weighted by Gasteiger charge is -2.25. The van der Waals surface area contributed by atoms with Crippen molar-refractivity contribution >= 4 is 39.9 Å². The number of carbonyl (C=O) groups is 2. The zero-order valence-corrected chi connectivity index (χ0v) is 22.4. The molecule has 3 heterocycles. The van der Waals surface area contributed by atoms with Gasteiger partial charge in [0, 0.05) is 36.5 Å². The molecular weight excluding hydrogens is 504 g/mol. The van der Waals surface area contributed by atoms with Gasteiger partial charge in [0.2, 0.25) is 17.7 Å². The van der Waals surface area contributed by atoms with Crippen LogP contribution in [0.4, 0.5) is 16.8 Å². The van der Waals surface area contributed by atoms with Crippen LogP contribution in [0.1, 0.15) is 65.4 Å². The summed E-state index contributed by atoms with van der Waals surface area (Å²) < 4.78 is 8.96. The Labute approximate surface area is 224 Å². The van der Waals surface area contributed by atoms with E-state index >= 15 is 0 Å². The maximum absolute atomic E-state index is 13.5. The summed E-state index contributed by atoms with van der Waals surface area (Å²) in [7, 11) is 3.41. The second kappa shape index (κ2) is 8.82.